The van der Waals surface area contributed by atoms with Crippen molar-refractivity contribution in [1.82, 2.24) is 4.57 Å². The third-order valence-corrected chi connectivity index (χ3v) is 10.8. The van der Waals surface area contributed by atoms with E-state index in [4.69, 9.17) is 0 Å². The summed E-state index contributed by atoms with van der Waals surface area (Å²) >= 11 is 1.88. The Hall–Kier alpha value is -5.19. The molecule has 2 heterocycles. The predicted octanol–water partition coefficient (Wildman–Crippen LogP) is 11.6. The smallest absolute Gasteiger partial charge is 0.100 e. The van der Waals surface area contributed by atoms with Crippen molar-refractivity contribution >= 4 is 48.2 Å². The predicted molar refractivity (Wildman–Crippen MR) is 193 cm³/mol. The first-order valence-corrected chi connectivity index (χ1v) is 16.7. The minimum atomic E-state index is -0.0521. The van der Waals surface area contributed by atoms with Crippen LogP contribution in [0.15, 0.2) is 169 Å². The van der Waals surface area contributed by atoms with E-state index < -0.39 is 0 Å². The first-order chi connectivity index (χ1) is 22.7. The van der Waals surface area contributed by atoms with Crippen LogP contribution >= 0.6 is 11.3 Å². The Morgan fingerprint density at radius 2 is 1.52 bits per heavy atom. The fourth-order valence-electron chi connectivity index (χ4n) is 7.39. The van der Waals surface area contributed by atoms with Crippen molar-refractivity contribution in [2.24, 2.45) is 5.92 Å². The molecule has 2 aromatic heterocycles. The third kappa shape index (κ3) is 4.36. The van der Waals surface area contributed by atoms with Gasteiger partial charge in [0.25, 0.3) is 0 Å². The highest BCUT2D eigenvalue weighted by molar-refractivity contribution is 7.27. The number of aromatic nitrogens is 1. The zero-order chi connectivity index (χ0) is 30.6. The average Bonchev–Trinajstić information content (AvgIpc) is 3.65. The number of halogens is 1. The number of hydrogen-bond acceptors (Lipinski definition) is 2. The maximum absolute atomic E-state index is 14.1. The fraction of sp³-hybridized carbons (Fsp3) is 0.0952. The molecule has 0 amide bonds. The molecule has 2 nitrogen and oxygen atoms in total. The first-order valence-electron chi connectivity index (χ1n) is 15.9. The van der Waals surface area contributed by atoms with Crippen LogP contribution in [0, 0.1) is 5.92 Å². The summed E-state index contributed by atoms with van der Waals surface area (Å²) in [5.41, 5.74) is 9.68. The zero-order valence-corrected chi connectivity index (χ0v) is 26.0. The fourth-order valence-corrected chi connectivity index (χ4v) is 8.75. The number of para-hydroxylation sites is 2. The van der Waals surface area contributed by atoms with E-state index in [0.717, 1.165) is 11.4 Å². The molecule has 0 saturated heterocycles. The summed E-state index contributed by atoms with van der Waals surface area (Å²) in [6.07, 6.45) is 20.1. The van der Waals surface area contributed by atoms with Gasteiger partial charge in [-0.15, -0.1) is 11.3 Å². The molecule has 0 aliphatic heterocycles. The first kappa shape index (κ1) is 27.1. The topological polar surface area (TPSA) is 8.17 Å². The van der Waals surface area contributed by atoms with Crippen LogP contribution in [-0.4, -0.2) is 10.6 Å². The monoisotopic (exact) mass is 614 g/mol. The van der Waals surface area contributed by atoms with Crippen molar-refractivity contribution in [3.8, 4) is 16.8 Å². The third-order valence-electron chi connectivity index (χ3n) is 9.53. The van der Waals surface area contributed by atoms with Crippen molar-refractivity contribution in [3.05, 3.63) is 169 Å². The van der Waals surface area contributed by atoms with Crippen LogP contribution in [0.4, 0.5) is 10.1 Å². The summed E-state index contributed by atoms with van der Waals surface area (Å²) < 4.78 is 19.1. The molecule has 4 aromatic carbocycles. The van der Waals surface area contributed by atoms with E-state index in [9.17, 15) is 4.39 Å². The minimum absolute atomic E-state index is 0.0521. The maximum Gasteiger partial charge on any atom is 0.100 e. The maximum atomic E-state index is 14.1. The summed E-state index contributed by atoms with van der Waals surface area (Å²) in [6.45, 7) is 0. The number of allylic oxidation sites excluding steroid dienone is 9. The van der Waals surface area contributed by atoms with Crippen LogP contribution in [0.1, 0.15) is 12.8 Å². The largest absolute Gasteiger partial charge is 0.337 e. The van der Waals surface area contributed by atoms with E-state index in [1.54, 1.807) is 6.08 Å². The molecule has 4 heteroatoms. The van der Waals surface area contributed by atoms with Gasteiger partial charge in [0.1, 0.15) is 5.83 Å². The molecule has 6 aromatic rings. The standard InChI is InChI=1S/C42H31FN2S/c43-30-22-26-33(27-23-30)44(38-19-8-11-28-10-4-5-14-34(28)38)32-24-20-29(21-25-32)35-16-9-17-37-40-42(46-41(35)37)36-15-6-7-18-39(36)45(40)31-12-2-1-3-13-31/h1-22,24-26,34,38H,23,27H2. The lowest BCUT2D eigenvalue weighted by Gasteiger charge is -2.40. The molecule has 0 spiro atoms. The van der Waals surface area contributed by atoms with E-state index >= 15 is 0 Å². The Kier molecular flexibility index (Phi) is 6.50. The molecule has 9 rings (SSSR count). The van der Waals surface area contributed by atoms with Gasteiger partial charge in [-0.2, -0.15) is 0 Å². The second-order valence-corrected chi connectivity index (χ2v) is 13.2. The van der Waals surface area contributed by atoms with Gasteiger partial charge in [0.05, 0.1) is 21.8 Å². The summed E-state index contributed by atoms with van der Waals surface area (Å²) in [5, 5.41) is 2.56. The molecule has 0 saturated carbocycles. The highest BCUT2D eigenvalue weighted by atomic mass is 32.1. The van der Waals surface area contributed by atoms with Gasteiger partial charge in [-0.05, 0) is 65.6 Å². The Bertz CT molecular complexity index is 2330. The van der Waals surface area contributed by atoms with E-state index in [1.165, 1.54) is 53.6 Å². The number of fused-ring (bicyclic) bond motifs is 6. The number of hydrogen-bond donors (Lipinski definition) is 0. The van der Waals surface area contributed by atoms with Crippen molar-refractivity contribution in [2.45, 2.75) is 18.9 Å². The summed E-state index contributed by atoms with van der Waals surface area (Å²) in [4.78, 5) is 2.42. The van der Waals surface area contributed by atoms with Crippen LogP contribution in [0.5, 0.6) is 0 Å². The number of rotatable bonds is 5. The lowest BCUT2D eigenvalue weighted by molar-refractivity contribution is 0.561. The van der Waals surface area contributed by atoms with Gasteiger partial charge in [-0.1, -0.05) is 109 Å². The SMILES string of the molecule is FC1=CC=C(N(c2ccc(-c3cccc4c3sc3c5ccccc5n(-c5ccccc5)c43)cc2)C2C=CC=C3C=CC=CC32)CC1. The van der Waals surface area contributed by atoms with E-state index in [1.807, 2.05) is 17.4 Å². The van der Waals surface area contributed by atoms with Crippen LogP contribution < -0.4 is 4.90 Å². The van der Waals surface area contributed by atoms with Gasteiger partial charge in [-0.25, -0.2) is 4.39 Å². The summed E-state index contributed by atoms with van der Waals surface area (Å²) in [5.74, 6) is 0.188. The molecule has 0 radical (unpaired) electrons. The van der Waals surface area contributed by atoms with Gasteiger partial charge in [0.15, 0.2) is 0 Å². The molecule has 2 unspecified atom stereocenters. The Morgan fingerprint density at radius 3 is 2.37 bits per heavy atom. The Labute approximate surface area is 271 Å². The number of thiophene rings is 1. The molecule has 222 valence electrons. The van der Waals surface area contributed by atoms with Gasteiger partial charge in [0, 0.05) is 44.9 Å². The van der Waals surface area contributed by atoms with Crippen LogP contribution in [0.2, 0.25) is 0 Å². The summed E-state index contributed by atoms with van der Waals surface area (Å²) in [6, 6.07) is 35.2. The highest BCUT2D eigenvalue weighted by Gasteiger charge is 2.31. The lowest BCUT2D eigenvalue weighted by Crippen LogP contribution is -2.40. The van der Waals surface area contributed by atoms with Gasteiger partial charge in [-0.3, -0.25) is 0 Å². The Balaban J connectivity index is 1.16. The number of anilines is 1. The minimum Gasteiger partial charge on any atom is -0.337 e. The Morgan fingerprint density at radius 1 is 0.696 bits per heavy atom. The second-order valence-electron chi connectivity index (χ2n) is 12.2. The van der Waals surface area contributed by atoms with Crippen molar-refractivity contribution < 1.29 is 4.39 Å². The van der Waals surface area contributed by atoms with Crippen LogP contribution in [0.25, 0.3) is 48.0 Å². The molecule has 2 atom stereocenters. The van der Waals surface area contributed by atoms with E-state index in [2.05, 4.69) is 149 Å². The number of nitrogens with zero attached hydrogens (tertiary/aromatic N) is 2. The molecule has 0 bridgehead atoms. The molecule has 0 N–H and O–H groups in total. The quantitative estimate of drug-likeness (QED) is 0.188. The van der Waals surface area contributed by atoms with Gasteiger partial charge >= 0.3 is 0 Å². The van der Waals surface area contributed by atoms with Crippen molar-refractivity contribution in [1.29, 1.82) is 0 Å². The van der Waals surface area contributed by atoms with E-state index in [0.29, 0.717) is 12.8 Å². The molecule has 46 heavy (non-hydrogen) atoms. The van der Waals surface area contributed by atoms with Crippen LogP contribution in [0.3, 0.4) is 0 Å². The van der Waals surface area contributed by atoms with E-state index in [-0.39, 0.29) is 17.8 Å². The second kappa shape index (κ2) is 11.0. The summed E-state index contributed by atoms with van der Waals surface area (Å²) in [7, 11) is 0. The zero-order valence-electron chi connectivity index (χ0n) is 25.2. The molecular formula is C42H31FN2S. The van der Waals surface area contributed by atoms with Crippen LogP contribution in [-0.2, 0) is 0 Å². The highest BCUT2D eigenvalue weighted by Crippen LogP contribution is 2.46. The molecule has 3 aliphatic carbocycles. The van der Waals surface area contributed by atoms with Crippen molar-refractivity contribution in [2.75, 3.05) is 4.90 Å². The molecule has 3 aliphatic rings. The normalized spacial score (nSPS) is 18.9. The molecular weight excluding hydrogens is 584 g/mol. The van der Waals surface area contributed by atoms with Gasteiger partial charge in [0.2, 0.25) is 0 Å². The van der Waals surface area contributed by atoms with Gasteiger partial charge < -0.3 is 9.47 Å². The molecule has 0 fully saturated rings. The van der Waals surface area contributed by atoms with Crippen molar-refractivity contribution in [3.63, 3.8) is 0 Å². The lowest BCUT2D eigenvalue weighted by atomic mass is 9.82. The average molecular weight is 615 g/mol. The number of benzene rings is 4.